The first kappa shape index (κ1) is 16.5. The number of nitrogens with two attached hydrogens (primary N) is 2. The van der Waals surface area contributed by atoms with Crippen molar-refractivity contribution in [2.75, 3.05) is 38.2 Å². The lowest BCUT2D eigenvalue weighted by Gasteiger charge is -2.10. The molecule has 6 nitrogen and oxygen atoms in total. The third-order valence-corrected chi connectivity index (χ3v) is 3.96. The summed E-state index contributed by atoms with van der Waals surface area (Å²) in [6, 6.07) is 0. The Labute approximate surface area is 123 Å². The van der Waals surface area contributed by atoms with E-state index in [4.69, 9.17) is 11.5 Å². The van der Waals surface area contributed by atoms with Gasteiger partial charge in [0, 0.05) is 19.0 Å². The van der Waals surface area contributed by atoms with Gasteiger partial charge in [0.2, 0.25) is 0 Å². The summed E-state index contributed by atoms with van der Waals surface area (Å²) in [6.45, 7) is 5.03. The molecule has 7 heteroatoms. The van der Waals surface area contributed by atoms with E-state index in [0.29, 0.717) is 16.4 Å². The third-order valence-electron chi connectivity index (χ3n) is 2.78. The molecule has 1 rings (SSSR count). The monoisotopic (exact) mass is 298 g/mol. The SMILES string of the molecule is CC(C)C(=O)c1sc(NCCN(C)C)c(C(N)=O)c1N. The van der Waals surface area contributed by atoms with Crippen molar-refractivity contribution >= 4 is 33.7 Å². The Bertz CT molecular complexity index is 509. The van der Waals surface area contributed by atoms with Crippen LogP contribution in [0.5, 0.6) is 0 Å². The molecule has 1 amide bonds. The summed E-state index contributed by atoms with van der Waals surface area (Å²) in [6.07, 6.45) is 0. The molecule has 1 aromatic rings. The number of nitrogens with one attached hydrogen (secondary N) is 1. The molecule has 0 atom stereocenters. The summed E-state index contributed by atoms with van der Waals surface area (Å²) < 4.78 is 0. The molecule has 0 unspecified atom stereocenters. The number of thiophene rings is 1. The van der Waals surface area contributed by atoms with E-state index in [2.05, 4.69) is 5.32 Å². The van der Waals surface area contributed by atoms with Crippen LogP contribution in [0.4, 0.5) is 10.7 Å². The summed E-state index contributed by atoms with van der Waals surface area (Å²) in [7, 11) is 3.90. The van der Waals surface area contributed by atoms with Crippen LogP contribution >= 0.6 is 11.3 Å². The lowest BCUT2D eigenvalue weighted by atomic mass is 10.1. The molecular formula is C13H22N4O2S. The number of hydrogen-bond donors (Lipinski definition) is 3. The highest BCUT2D eigenvalue weighted by Gasteiger charge is 2.25. The summed E-state index contributed by atoms with van der Waals surface area (Å²) in [5.74, 6) is -0.865. The minimum Gasteiger partial charge on any atom is -0.397 e. The van der Waals surface area contributed by atoms with Gasteiger partial charge in [-0.15, -0.1) is 11.3 Å². The molecule has 0 saturated heterocycles. The fourth-order valence-electron chi connectivity index (χ4n) is 1.65. The number of primary amides is 1. The lowest BCUT2D eigenvalue weighted by Crippen LogP contribution is -2.22. The lowest BCUT2D eigenvalue weighted by molar-refractivity contribution is 0.0944. The molecule has 0 aliphatic rings. The number of nitrogen functional groups attached to an aromatic ring is 1. The second kappa shape index (κ2) is 6.71. The molecule has 0 spiro atoms. The van der Waals surface area contributed by atoms with Crippen LogP contribution in [0.25, 0.3) is 0 Å². The third kappa shape index (κ3) is 3.71. The standard InChI is InChI=1S/C13H22N4O2S/c1-7(2)10(18)11-9(14)8(12(15)19)13(20-11)16-5-6-17(3)4/h7,16H,5-6,14H2,1-4H3,(H2,15,19). The molecular weight excluding hydrogens is 276 g/mol. The van der Waals surface area contributed by atoms with Crippen LogP contribution in [-0.4, -0.2) is 43.8 Å². The van der Waals surface area contributed by atoms with E-state index in [1.807, 2.05) is 19.0 Å². The van der Waals surface area contributed by atoms with Gasteiger partial charge in [0.05, 0.1) is 16.1 Å². The smallest absolute Gasteiger partial charge is 0.253 e. The highest BCUT2D eigenvalue weighted by Crippen LogP contribution is 2.36. The highest BCUT2D eigenvalue weighted by atomic mass is 32.1. The van der Waals surface area contributed by atoms with Crippen molar-refractivity contribution in [1.82, 2.24) is 4.90 Å². The fourth-order valence-corrected chi connectivity index (χ4v) is 2.89. The predicted octanol–water partition coefficient (Wildman–Crippen LogP) is 1.24. The number of hydrogen-bond acceptors (Lipinski definition) is 6. The van der Waals surface area contributed by atoms with Gasteiger partial charge in [-0.2, -0.15) is 0 Å². The number of amides is 1. The van der Waals surface area contributed by atoms with Gasteiger partial charge in [-0.25, -0.2) is 0 Å². The van der Waals surface area contributed by atoms with E-state index >= 15 is 0 Å². The van der Waals surface area contributed by atoms with E-state index in [1.165, 1.54) is 11.3 Å². The maximum Gasteiger partial charge on any atom is 0.253 e. The molecule has 20 heavy (non-hydrogen) atoms. The van der Waals surface area contributed by atoms with Gasteiger partial charge < -0.3 is 21.7 Å². The maximum atomic E-state index is 12.1. The van der Waals surface area contributed by atoms with Gasteiger partial charge >= 0.3 is 0 Å². The number of likely N-dealkylation sites (N-methyl/N-ethyl adjacent to an activating group) is 1. The van der Waals surface area contributed by atoms with Gasteiger partial charge in [0.15, 0.2) is 5.78 Å². The molecule has 0 fully saturated rings. The molecule has 0 aliphatic heterocycles. The zero-order valence-corrected chi connectivity index (χ0v) is 13.1. The Morgan fingerprint density at radius 1 is 1.35 bits per heavy atom. The number of carbonyl (C=O) groups is 2. The van der Waals surface area contributed by atoms with Crippen molar-refractivity contribution in [3.63, 3.8) is 0 Å². The van der Waals surface area contributed by atoms with Crippen molar-refractivity contribution < 1.29 is 9.59 Å². The Kier molecular flexibility index (Phi) is 5.52. The zero-order valence-electron chi connectivity index (χ0n) is 12.3. The van der Waals surface area contributed by atoms with Crippen molar-refractivity contribution in [2.24, 2.45) is 11.7 Å². The van der Waals surface area contributed by atoms with Crippen LogP contribution in [0.3, 0.4) is 0 Å². The molecule has 0 saturated carbocycles. The summed E-state index contributed by atoms with van der Waals surface area (Å²) in [5.41, 5.74) is 11.7. The summed E-state index contributed by atoms with van der Waals surface area (Å²) in [5, 5.41) is 3.69. The minimum atomic E-state index is -0.617. The van der Waals surface area contributed by atoms with Gasteiger partial charge in [0.1, 0.15) is 5.00 Å². The first-order chi connectivity index (χ1) is 9.25. The van der Waals surface area contributed by atoms with E-state index in [9.17, 15) is 9.59 Å². The molecule has 0 aromatic carbocycles. The van der Waals surface area contributed by atoms with Crippen molar-refractivity contribution in [3.05, 3.63) is 10.4 Å². The van der Waals surface area contributed by atoms with E-state index in [-0.39, 0.29) is 23.0 Å². The van der Waals surface area contributed by atoms with Crippen LogP contribution < -0.4 is 16.8 Å². The van der Waals surface area contributed by atoms with Crippen LogP contribution in [0.15, 0.2) is 0 Å². The van der Waals surface area contributed by atoms with Crippen LogP contribution in [0.2, 0.25) is 0 Å². The van der Waals surface area contributed by atoms with Crippen molar-refractivity contribution in [1.29, 1.82) is 0 Å². The molecule has 1 aromatic heterocycles. The maximum absolute atomic E-state index is 12.1. The van der Waals surface area contributed by atoms with Crippen LogP contribution in [-0.2, 0) is 0 Å². The normalized spacial score (nSPS) is 11.1. The molecule has 112 valence electrons. The van der Waals surface area contributed by atoms with Crippen molar-refractivity contribution in [3.8, 4) is 0 Å². The summed E-state index contributed by atoms with van der Waals surface area (Å²) >= 11 is 1.20. The quantitative estimate of drug-likeness (QED) is 0.657. The number of ketones is 1. The highest BCUT2D eigenvalue weighted by molar-refractivity contribution is 7.19. The molecule has 0 radical (unpaired) electrons. The minimum absolute atomic E-state index is 0.0735. The number of rotatable bonds is 7. The van der Waals surface area contributed by atoms with Gasteiger partial charge in [-0.05, 0) is 14.1 Å². The Morgan fingerprint density at radius 3 is 2.40 bits per heavy atom. The predicted molar refractivity (Wildman–Crippen MR) is 83.5 cm³/mol. The largest absolute Gasteiger partial charge is 0.397 e. The first-order valence-corrected chi connectivity index (χ1v) is 7.22. The van der Waals surface area contributed by atoms with Crippen LogP contribution in [0, 0.1) is 5.92 Å². The Balaban J connectivity index is 3.07. The van der Waals surface area contributed by atoms with Gasteiger partial charge in [0.25, 0.3) is 5.91 Å². The van der Waals surface area contributed by atoms with Crippen LogP contribution in [0.1, 0.15) is 33.9 Å². The molecule has 0 bridgehead atoms. The zero-order chi connectivity index (χ0) is 15.4. The fraction of sp³-hybridized carbons (Fsp3) is 0.538. The van der Waals surface area contributed by atoms with Gasteiger partial charge in [-0.1, -0.05) is 13.8 Å². The average Bonchev–Trinajstić information content (AvgIpc) is 2.64. The average molecular weight is 298 g/mol. The van der Waals surface area contributed by atoms with Gasteiger partial charge in [-0.3, -0.25) is 9.59 Å². The molecule has 5 N–H and O–H groups in total. The van der Waals surface area contributed by atoms with E-state index in [0.717, 1.165) is 6.54 Å². The second-order valence-corrected chi connectivity index (χ2v) is 6.18. The first-order valence-electron chi connectivity index (χ1n) is 6.40. The molecule has 0 aliphatic carbocycles. The number of carbonyl (C=O) groups excluding carboxylic acids is 2. The topological polar surface area (TPSA) is 101 Å². The Hall–Kier alpha value is -1.60. The summed E-state index contributed by atoms with van der Waals surface area (Å²) in [4.78, 5) is 26.0. The molecule has 1 heterocycles. The number of Topliss-reactive ketones (excluding diaryl/α,β-unsaturated/α-hetero) is 1. The van der Waals surface area contributed by atoms with Crippen molar-refractivity contribution in [2.45, 2.75) is 13.8 Å². The Morgan fingerprint density at radius 2 is 1.95 bits per heavy atom. The second-order valence-electron chi connectivity index (χ2n) is 5.16. The van der Waals surface area contributed by atoms with E-state index in [1.54, 1.807) is 13.8 Å². The number of anilines is 2. The number of nitrogens with zero attached hydrogens (tertiary/aromatic N) is 1. The van der Waals surface area contributed by atoms with E-state index < -0.39 is 5.91 Å².